The van der Waals surface area contributed by atoms with Gasteiger partial charge in [0.1, 0.15) is 18.3 Å². The maximum atomic E-state index is 12.2. The Kier molecular flexibility index (Phi) is 10.6. The monoisotopic (exact) mass is 692 g/mol. The normalized spacial score (nSPS) is 48.3. The molecule has 4 aliphatic carbocycles. The highest BCUT2D eigenvalue weighted by molar-refractivity contribution is 7.80. The van der Waals surface area contributed by atoms with Crippen LogP contribution in [0.15, 0.2) is 0 Å². The molecule has 1 saturated heterocycles. The van der Waals surface area contributed by atoms with Crippen LogP contribution in [0.25, 0.3) is 0 Å². The Labute approximate surface area is 277 Å². The summed E-state index contributed by atoms with van der Waals surface area (Å²) in [4.78, 5) is 11.6. The molecule has 0 unspecified atom stereocenters. The van der Waals surface area contributed by atoms with Crippen LogP contribution in [0.2, 0.25) is 0 Å². The Morgan fingerprint density at radius 1 is 0.957 bits per heavy atom. The van der Waals surface area contributed by atoms with Crippen LogP contribution in [0.4, 0.5) is 0 Å². The Morgan fingerprint density at radius 2 is 1.62 bits per heavy atom. The molecule has 7 N–H and O–H groups in total. The minimum Gasteiger partial charge on any atom is -0.479 e. The predicted molar refractivity (Wildman–Crippen MR) is 167 cm³/mol. The molecule has 16 atom stereocenters. The zero-order valence-electron chi connectivity index (χ0n) is 28.1. The second-order valence-electron chi connectivity index (χ2n) is 16.5. The fourth-order valence-corrected chi connectivity index (χ4v) is 11.7. The lowest BCUT2D eigenvalue weighted by Gasteiger charge is -2.63. The van der Waals surface area contributed by atoms with Gasteiger partial charge in [-0.25, -0.2) is 8.98 Å². The highest BCUT2D eigenvalue weighted by Gasteiger charge is 2.67. The first-order valence-corrected chi connectivity index (χ1v) is 18.7. The van der Waals surface area contributed by atoms with Crippen molar-refractivity contribution in [2.24, 2.45) is 46.3 Å². The Hall–Kier alpha value is -0.940. The lowest BCUT2D eigenvalue weighted by atomic mass is 9.43. The van der Waals surface area contributed by atoms with E-state index in [0.717, 1.165) is 25.7 Å². The van der Waals surface area contributed by atoms with Gasteiger partial charge >= 0.3 is 16.4 Å². The van der Waals surface area contributed by atoms with Crippen molar-refractivity contribution in [1.29, 1.82) is 0 Å². The summed E-state index contributed by atoms with van der Waals surface area (Å²) in [5.74, 6) is -1.62. The number of hydrogen-bond donors (Lipinski definition) is 7. The molecule has 47 heavy (non-hydrogen) atoms. The molecule has 5 fully saturated rings. The van der Waals surface area contributed by atoms with Crippen LogP contribution in [0.5, 0.6) is 0 Å². The van der Waals surface area contributed by atoms with E-state index in [9.17, 15) is 48.4 Å². The third-order valence-electron chi connectivity index (χ3n) is 13.2. The molecule has 1 aliphatic heterocycles. The molecule has 4 saturated carbocycles. The van der Waals surface area contributed by atoms with Crippen LogP contribution in [0, 0.1) is 46.3 Å². The van der Waals surface area contributed by atoms with Gasteiger partial charge in [-0.3, -0.25) is 4.55 Å². The average molecular weight is 693 g/mol. The Morgan fingerprint density at radius 3 is 2.23 bits per heavy atom. The Bertz CT molecular complexity index is 1240. The number of hydrogen-bond acceptors (Lipinski definition) is 11. The van der Waals surface area contributed by atoms with Gasteiger partial charge in [0.2, 0.25) is 0 Å². The summed E-state index contributed by atoms with van der Waals surface area (Å²) in [5, 5.41) is 63.6. The standard InChI is InChI=1S/C33H56O13S/c1-16(2)7-6-10-33(5,40)28-22(34)15-20-18-14-23(46-47(41,42)43)21-13-17(8-11-31(21,3)19(18)9-12-32(20,28)4)44-30-26(37)24(35)25(36)27(45-30)29(38)39/h16-28,30,34-37,40H,6-15H2,1-5H3,(H,38,39)(H,41,42,43)/t17-,18+,19-,20+,21+,22-,23-,24+,25-,26+,27-,28-,30+,31+,32-,33-/m0/s1. The summed E-state index contributed by atoms with van der Waals surface area (Å²) in [6.45, 7) is 10.4. The van der Waals surface area contributed by atoms with Gasteiger partial charge in [-0.05, 0) is 98.7 Å². The fourth-order valence-electron chi connectivity index (χ4n) is 11.1. The Balaban J connectivity index is 1.38. The summed E-state index contributed by atoms with van der Waals surface area (Å²) in [7, 11) is -4.84. The molecule has 0 amide bonds. The van der Waals surface area contributed by atoms with E-state index in [2.05, 4.69) is 27.7 Å². The molecule has 0 aromatic rings. The van der Waals surface area contributed by atoms with Gasteiger partial charge in [-0.1, -0.05) is 40.5 Å². The molecule has 13 nitrogen and oxygen atoms in total. The molecule has 1 heterocycles. The van der Waals surface area contributed by atoms with E-state index >= 15 is 0 Å². The molecular formula is C33H56O13S. The number of aliphatic hydroxyl groups is 5. The van der Waals surface area contributed by atoms with Gasteiger partial charge in [-0.15, -0.1) is 0 Å². The second-order valence-corrected chi connectivity index (χ2v) is 17.6. The van der Waals surface area contributed by atoms with E-state index in [-0.39, 0.29) is 35.5 Å². The summed E-state index contributed by atoms with van der Waals surface area (Å²) in [5.41, 5.74) is -1.89. The topological polar surface area (TPSA) is 221 Å². The lowest BCUT2D eigenvalue weighted by molar-refractivity contribution is -0.311. The molecule has 272 valence electrons. The SMILES string of the molecule is CC(C)CCC[C@](C)(O)[C@H]1[C@@H](O)C[C@@H]2[C@@H]3C[C@H](OS(=O)(=O)O)[C@H]4C[C@@H](O[C@@H]5O[C@H](C(=O)O)[C@@H](O)[C@@H](O)[C@H]5O)CC[C@]4(C)[C@H]3CC[C@@]21C. The van der Waals surface area contributed by atoms with E-state index < -0.39 is 82.3 Å². The van der Waals surface area contributed by atoms with Crippen LogP contribution in [0.3, 0.4) is 0 Å². The zero-order valence-corrected chi connectivity index (χ0v) is 29.0. The van der Waals surface area contributed by atoms with Crippen molar-refractivity contribution < 1.29 is 62.1 Å². The van der Waals surface area contributed by atoms with Gasteiger partial charge in [0.05, 0.1) is 23.9 Å². The molecule has 14 heteroatoms. The highest BCUT2D eigenvalue weighted by Crippen LogP contribution is 2.69. The van der Waals surface area contributed by atoms with Gasteiger partial charge in [0, 0.05) is 5.92 Å². The molecule has 5 aliphatic rings. The number of aliphatic carboxylic acids is 1. The van der Waals surface area contributed by atoms with Crippen molar-refractivity contribution in [2.45, 2.75) is 153 Å². The van der Waals surface area contributed by atoms with E-state index in [4.69, 9.17) is 13.7 Å². The summed E-state index contributed by atoms with van der Waals surface area (Å²) in [6.07, 6.45) is -4.82. The molecule has 0 aromatic heterocycles. The van der Waals surface area contributed by atoms with Crippen molar-refractivity contribution in [3.05, 3.63) is 0 Å². The number of carbonyl (C=O) groups is 1. The molecule has 5 rings (SSSR count). The van der Waals surface area contributed by atoms with Crippen LogP contribution >= 0.6 is 0 Å². The van der Waals surface area contributed by atoms with E-state index in [1.165, 1.54) is 0 Å². The predicted octanol–water partition coefficient (Wildman–Crippen LogP) is 2.27. The minimum atomic E-state index is -4.84. The minimum absolute atomic E-state index is 0.00345. The van der Waals surface area contributed by atoms with Gasteiger partial charge in [0.15, 0.2) is 12.4 Å². The van der Waals surface area contributed by atoms with Crippen LogP contribution < -0.4 is 0 Å². The smallest absolute Gasteiger partial charge is 0.397 e. The largest absolute Gasteiger partial charge is 0.479 e. The number of carboxylic acid groups (broad SMARTS) is 1. The zero-order chi connectivity index (χ0) is 34.9. The first kappa shape index (κ1) is 37.3. The van der Waals surface area contributed by atoms with Crippen LogP contribution in [0.1, 0.15) is 98.8 Å². The number of aliphatic hydroxyl groups excluding tert-OH is 4. The van der Waals surface area contributed by atoms with E-state index in [0.29, 0.717) is 38.0 Å². The first-order valence-electron chi connectivity index (χ1n) is 17.3. The number of ether oxygens (including phenoxy) is 2. The third-order valence-corrected chi connectivity index (χ3v) is 13.6. The highest BCUT2D eigenvalue weighted by atomic mass is 32.3. The second kappa shape index (κ2) is 13.3. The third kappa shape index (κ3) is 7.02. The summed E-state index contributed by atoms with van der Waals surface area (Å²) >= 11 is 0. The number of carboxylic acids is 1. The van der Waals surface area contributed by atoms with Crippen molar-refractivity contribution in [2.75, 3.05) is 0 Å². The lowest BCUT2D eigenvalue weighted by Crippen LogP contribution is -2.62. The molecular weight excluding hydrogens is 636 g/mol. The molecule has 0 radical (unpaired) electrons. The first-order chi connectivity index (χ1) is 21.7. The average Bonchev–Trinajstić information content (AvgIpc) is 3.23. The van der Waals surface area contributed by atoms with Gasteiger partial charge < -0.3 is 40.1 Å². The number of rotatable bonds is 10. The van der Waals surface area contributed by atoms with Crippen molar-refractivity contribution in [1.82, 2.24) is 0 Å². The maximum Gasteiger partial charge on any atom is 0.397 e. The maximum absolute atomic E-state index is 12.2. The van der Waals surface area contributed by atoms with Gasteiger partial charge in [-0.2, -0.15) is 8.42 Å². The van der Waals surface area contributed by atoms with Crippen molar-refractivity contribution >= 4 is 16.4 Å². The number of fused-ring (bicyclic) bond motifs is 5. The fraction of sp³-hybridized carbons (Fsp3) is 0.970. The van der Waals surface area contributed by atoms with E-state index in [1.807, 2.05) is 6.92 Å². The molecule has 0 spiro atoms. The molecule has 0 bridgehead atoms. The summed E-state index contributed by atoms with van der Waals surface area (Å²) in [6, 6.07) is 0. The van der Waals surface area contributed by atoms with Gasteiger partial charge in [0.25, 0.3) is 0 Å². The van der Waals surface area contributed by atoms with E-state index in [1.54, 1.807) is 0 Å². The van der Waals surface area contributed by atoms with Crippen molar-refractivity contribution in [3.63, 3.8) is 0 Å². The van der Waals surface area contributed by atoms with Crippen molar-refractivity contribution in [3.8, 4) is 0 Å². The van der Waals surface area contributed by atoms with Crippen LogP contribution in [-0.4, -0.2) is 104 Å². The van der Waals surface area contributed by atoms with Crippen LogP contribution in [-0.2, 0) is 28.9 Å². The molecule has 0 aromatic carbocycles. The quantitative estimate of drug-likeness (QED) is 0.129. The summed E-state index contributed by atoms with van der Waals surface area (Å²) < 4.78 is 51.0.